The molecule has 0 aromatic heterocycles. The molecule has 0 bridgehead atoms. The molecule has 0 unspecified atom stereocenters. The third-order valence-electron chi connectivity index (χ3n) is 4.98. The fourth-order valence-corrected chi connectivity index (χ4v) is 5.05. The van der Waals surface area contributed by atoms with Gasteiger partial charge in [0, 0.05) is 6.54 Å². The minimum Gasteiger partial charge on any atom is -0.351 e. The highest BCUT2D eigenvalue weighted by Gasteiger charge is 2.28. The highest BCUT2D eigenvalue weighted by atomic mass is 32.2. The Morgan fingerprint density at radius 1 is 0.875 bits per heavy atom. The van der Waals surface area contributed by atoms with Crippen LogP contribution in [0.15, 0.2) is 76.5 Å². The molecule has 0 aliphatic carbocycles. The first-order valence-electron chi connectivity index (χ1n) is 9.88. The van der Waals surface area contributed by atoms with E-state index in [4.69, 9.17) is 5.14 Å². The van der Waals surface area contributed by atoms with Crippen molar-refractivity contribution >= 4 is 36.7 Å². The van der Waals surface area contributed by atoms with Crippen LogP contribution in [0.2, 0.25) is 0 Å². The summed E-state index contributed by atoms with van der Waals surface area (Å²) in [5.74, 6) is -0.796. The SMILES string of the molecule is CC(C)[C@@H](NS(=O)(=O)c1ccc2ccccc2c1)C(=O)NCc1ccc(S(N)(=O)=O)cc1. The summed E-state index contributed by atoms with van der Waals surface area (Å²) in [6.07, 6.45) is 0. The molecular formula is C22H25N3O5S2. The molecular weight excluding hydrogens is 450 g/mol. The van der Waals surface area contributed by atoms with Crippen molar-refractivity contribution in [2.45, 2.75) is 36.2 Å². The van der Waals surface area contributed by atoms with E-state index in [2.05, 4.69) is 10.0 Å². The van der Waals surface area contributed by atoms with E-state index in [-0.39, 0.29) is 22.3 Å². The van der Waals surface area contributed by atoms with Crippen LogP contribution in [-0.2, 0) is 31.4 Å². The molecule has 0 fully saturated rings. The third kappa shape index (κ3) is 5.71. The maximum Gasteiger partial charge on any atom is 0.241 e. The van der Waals surface area contributed by atoms with Crippen molar-refractivity contribution in [2.24, 2.45) is 11.1 Å². The molecule has 32 heavy (non-hydrogen) atoms. The zero-order chi connectivity index (χ0) is 23.5. The van der Waals surface area contributed by atoms with Crippen LogP contribution in [0, 0.1) is 5.92 Å². The van der Waals surface area contributed by atoms with E-state index in [9.17, 15) is 21.6 Å². The number of hydrogen-bond donors (Lipinski definition) is 3. The zero-order valence-corrected chi connectivity index (χ0v) is 19.3. The minimum absolute atomic E-state index is 0.0317. The van der Waals surface area contributed by atoms with Gasteiger partial charge in [-0.05, 0) is 46.5 Å². The Morgan fingerprint density at radius 3 is 2.06 bits per heavy atom. The van der Waals surface area contributed by atoms with Gasteiger partial charge in [0.25, 0.3) is 0 Å². The standard InChI is InChI=1S/C22H25N3O5S2/c1-15(2)21(22(26)24-14-16-7-10-19(11-8-16)31(23,27)28)25-32(29,30)20-12-9-17-5-3-4-6-18(17)13-20/h3-13,15,21,25H,14H2,1-2H3,(H,24,26)(H2,23,27,28)/t21-/m1/s1. The van der Waals surface area contributed by atoms with Gasteiger partial charge in [-0.25, -0.2) is 22.0 Å². The minimum atomic E-state index is -3.94. The Hall–Kier alpha value is -2.79. The number of nitrogens with two attached hydrogens (primary N) is 1. The van der Waals surface area contributed by atoms with Crippen molar-refractivity contribution in [3.8, 4) is 0 Å². The first-order valence-corrected chi connectivity index (χ1v) is 12.9. The van der Waals surface area contributed by atoms with Crippen molar-refractivity contribution in [1.29, 1.82) is 0 Å². The lowest BCUT2D eigenvalue weighted by Crippen LogP contribution is -2.49. The topological polar surface area (TPSA) is 135 Å². The van der Waals surface area contributed by atoms with Gasteiger partial charge in [0.1, 0.15) is 6.04 Å². The molecule has 0 saturated heterocycles. The first kappa shape index (κ1) is 23.9. The summed E-state index contributed by atoms with van der Waals surface area (Å²) in [6, 6.07) is 17.0. The van der Waals surface area contributed by atoms with Crippen molar-refractivity contribution < 1.29 is 21.6 Å². The molecule has 170 valence electrons. The number of carbonyl (C=O) groups is 1. The molecule has 0 heterocycles. The van der Waals surface area contributed by atoms with Crippen molar-refractivity contribution in [2.75, 3.05) is 0 Å². The summed E-state index contributed by atoms with van der Waals surface area (Å²) >= 11 is 0. The molecule has 4 N–H and O–H groups in total. The lowest BCUT2D eigenvalue weighted by Gasteiger charge is -2.22. The molecule has 3 aromatic rings. The Balaban J connectivity index is 1.73. The maximum absolute atomic E-state index is 12.9. The first-order chi connectivity index (χ1) is 15.0. The van der Waals surface area contributed by atoms with Crippen LogP contribution in [0.25, 0.3) is 10.8 Å². The third-order valence-corrected chi connectivity index (χ3v) is 7.35. The lowest BCUT2D eigenvalue weighted by atomic mass is 10.0. The Labute approximate surface area is 187 Å². The summed E-state index contributed by atoms with van der Waals surface area (Å²) < 4.78 is 51.1. The van der Waals surface area contributed by atoms with Gasteiger partial charge in [0.2, 0.25) is 26.0 Å². The molecule has 0 spiro atoms. The van der Waals surface area contributed by atoms with Crippen molar-refractivity contribution in [3.05, 3.63) is 72.3 Å². The second-order valence-electron chi connectivity index (χ2n) is 7.76. The molecule has 0 radical (unpaired) electrons. The molecule has 0 saturated carbocycles. The average Bonchev–Trinajstić information content (AvgIpc) is 2.75. The van der Waals surface area contributed by atoms with Gasteiger partial charge in [-0.3, -0.25) is 4.79 Å². The van der Waals surface area contributed by atoms with Crippen molar-refractivity contribution in [3.63, 3.8) is 0 Å². The number of hydrogen-bond acceptors (Lipinski definition) is 5. The maximum atomic E-state index is 12.9. The smallest absolute Gasteiger partial charge is 0.241 e. The summed E-state index contributed by atoms with van der Waals surface area (Å²) in [4.78, 5) is 12.8. The van der Waals surface area contributed by atoms with Gasteiger partial charge in [0.15, 0.2) is 0 Å². The number of benzene rings is 3. The number of fused-ring (bicyclic) bond motifs is 1. The second kappa shape index (κ2) is 9.37. The number of rotatable bonds is 8. The summed E-state index contributed by atoms with van der Waals surface area (Å²) in [7, 11) is -7.74. The van der Waals surface area contributed by atoms with E-state index in [0.717, 1.165) is 10.8 Å². The van der Waals surface area contributed by atoms with Gasteiger partial charge in [0.05, 0.1) is 9.79 Å². The fraction of sp³-hybridized carbons (Fsp3) is 0.227. The quantitative estimate of drug-likeness (QED) is 0.458. The van der Waals surface area contributed by atoms with Gasteiger partial charge in [-0.15, -0.1) is 0 Å². The Kier molecular flexibility index (Phi) is 6.99. The average molecular weight is 476 g/mol. The van der Waals surface area contributed by atoms with Gasteiger partial charge in [-0.2, -0.15) is 4.72 Å². The van der Waals surface area contributed by atoms with Crippen molar-refractivity contribution in [1.82, 2.24) is 10.0 Å². The molecule has 3 aromatic carbocycles. The van der Waals surface area contributed by atoms with Crippen LogP contribution < -0.4 is 15.2 Å². The van der Waals surface area contributed by atoms with E-state index >= 15 is 0 Å². The van der Waals surface area contributed by atoms with E-state index in [0.29, 0.717) is 5.56 Å². The molecule has 10 heteroatoms. The molecule has 1 atom stereocenters. The molecule has 3 rings (SSSR count). The molecule has 0 aliphatic heterocycles. The predicted octanol–water partition coefficient (Wildman–Crippen LogP) is 2.11. The Bertz CT molecular complexity index is 1340. The van der Waals surface area contributed by atoms with E-state index in [1.165, 1.54) is 30.3 Å². The highest BCUT2D eigenvalue weighted by molar-refractivity contribution is 7.89. The largest absolute Gasteiger partial charge is 0.351 e. The van der Waals surface area contributed by atoms with Crippen LogP contribution in [-0.4, -0.2) is 28.8 Å². The van der Waals surface area contributed by atoms with Gasteiger partial charge >= 0.3 is 0 Å². The number of amides is 1. The number of primary sulfonamides is 1. The van der Waals surface area contributed by atoms with E-state index < -0.39 is 32.0 Å². The van der Waals surface area contributed by atoms with Crippen LogP contribution in [0.4, 0.5) is 0 Å². The van der Waals surface area contributed by atoms with Gasteiger partial charge in [-0.1, -0.05) is 56.3 Å². The zero-order valence-electron chi connectivity index (χ0n) is 17.6. The van der Waals surface area contributed by atoms with E-state index in [1.807, 2.05) is 24.3 Å². The molecule has 1 amide bonds. The Morgan fingerprint density at radius 2 is 1.47 bits per heavy atom. The number of sulfonamides is 2. The lowest BCUT2D eigenvalue weighted by molar-refractivity contribution is -0.123. The van der Waals surface area contributed by atoms with Gasteiger partial charge < -0.3 is 5.32 Å². The summed E-state index contributed by atoms with van der Waals surface area (Å²) in [5, 5.41) is 9.47. The fourth-order valence-electron chi connectivity index (χ4n) is 3.16. The summed E-state index contributed by atoms with van der Waals surface area (Å²) in [5.41, 5.74) is 0.644. The van der Waals surface area contributed by atoms with Crippen LogP contribution in [0.5, 0.6) is 0 Å². The monoisotopic (exact) mass is 475 g/mol. The normalized spacial score (nSPS) is 13.2. The van der Waals surface area contributed by atoms with E-state index in [1.54, 1.807) is 26.0 Å². The number of nitrogens with one attached hydrogen (secondary N) is 2. The van der Waals surface area contributed by atoms with Crippen LogP contribution >= 0.6 is 0 Å². The molecule has 8 nitrogen and oxygen atoms in total. The second-order valence-corrected chi connectivity index (χ2v) is 11.0. The van der Waals surface area contributed by atoms with Crippen LogP contribution in [0.1, 0.15) is 19.4 Å². The highest BCUT2D eigenvalue weighted by Crippen LogP contribution is 2.20. The van der Waals surface area contributed by atoms with Crippen LogP contribution in [0.3, 0.4) is 0 Å². The molecule has 0 aliphatic rings. The predicted molar refractivity (Wildman–Crippen MR) is 123 cm³/mol. The number of carbonyl (C=O) groups excluding carboxylic acids is 1. The summed E-state index contributed by atoms with van der Waals surface area (Å²) in [6.45, 7) is 3.59.